The molecule has 1 N–H and O–H groups in total. The highest BCUT2D eigenvalue weighted by Gasteiger charge is 2.22. The third-order valence-electron chi connectivity index (χ3n) is 3.74. The van der Waals surface area contributed by atoms with Gasteiger partial charge in [0.05, 0.1) is 6.10 Å². The van der Waals surface area contributed by atoms with E-state index < -0.39 is 0 Å². The van der Waals surface area contributed by atoms with Crippen LogP contribution in [0, 0.1) is 0 Å². The number of pyridine rings is 1. The van der Waals surface area contributed by atoms with Gasteiger partial charge >= 0.3 is 0 Å². The van der Waals surface area contributed by atoms with Gasteiger partial charge in [0.15, 0.2) is 0 Å². The minimum atomic E-state index is -0.0981. The first-order valence-corrected chi connectivity index (χ1v) is 6.57. The molecule has 17 heavy (non-hydrogen) atoms. The van der Waals surface area contributed by atoms with Crippen LogP contribution in [0.2, 0.25) is 0 Å². The molecule has 0 aromatic carbocycles. The highest BCUT2D eigenvalue weighted by Crippen LogP contribution is 2.23. The quantitative estimate of drug-likeness (QED) is 0.870. The van der Waals surface area contributed by atoms with Crippen molar-refractivity contribution >= 4 is 0 Å². The third kappa shape index (κ3) is 3.05. The molecule has 0 radical (unpaired) electrons. The van der Waals surface area contributed by atoms with E-state index in [0.717, 1.165) is 38.0 Å². The number of aliphatic hydroxyl groups excluding tert-OH is 1. The van der Waals surface area contributed by atoms with Gasteiger partial charge in [0.1, 0.15) is 0 Å². The van der Waals surface area contributed by atoms with E-state index in [2.05, 4.69) is 35.9 Å². The van der Waals surface area contributed by atoms with Crippen molar-refractivity contribution in [3.63, 3.8) is 0 Å². The molecule has 1 aromatic rings. The average Bonchev–Trinajstić information content (AvgIpc) is 2.39. The lowest BCUT2D eigenvalue weighted by Crippen LogP contribution is -2.37. The first-order chi connectivity index (χ1) is 8.20. The summed E-state index contributed by atoms with van der Waals surface area (Å²) in [5, 5.41) is 9.51. The largest absolute Gasteiger partial charge is 0.393 e. The molecule has 0 spiro atoms. The van der Waals surface area contributed by atoms with E-state index in [9.17, 15) is 5.11 Å². The van der Waals surface area contributed by atoms with Gasteiger partial charge in [-0.1, -0.05) is 13.0 Å². The lowest BCUT2D eigenvalue weighted by atomic mass is 10.0. The lowest BCUT2D eigenvalue weighted by Gasteiger charge is -2.34. The molecule has 0 bridgehead atoms. The number of likely N-dealkylation sites (tertiary alicyclic amines) is 1. The summed E-state index contributed by atoms with van der Waals surface area (Å²) in [5.74, 6) is 0. The van der Waals surface area contributed by atoms with Gasteiger partial charge in [0.25, 0.3) is 0 Å². The predicted octanol–water partition coefficient (Wildman–Crippen LogP) is 2.16. The Hall–Kier alpha value is -0.930. The predicted molar refractivity (Wildman–Crippen MR) is 68.8 cm³/mol. The molecular formula is C14H22N2O. The van der Waals surface area contributed by atoms with E-state index in [0.29, 0.717) is 6.04 Å². The van der Waals surface area contributed by atoms with Gasteiger partial charge in [-0.2, -0.15) is 0 Å². The summed E-state index contributed by atoms with van der Waals surface area (Å²) in [6.07, 6.45) is 4.67. The Morgan fingerprint density at radius 2 is 2.12 bits per heavy atom. The molecule has 2 heterocycles. The summed E-state index contributed by atoms with van der Waals surface area (Å²) in [7, 11) is 0. The maximum absolute atomic E-state index is 9.51. The van der Waals surface area contributed by atoms with Crippen LogP contribution < -0.4 is 0 Å². The molecule has 1 saturated heterocycles. The Balaban J connectivity index is 2.00. The molecule has 0 saturated carbocycles. The van der Waals surface area contributed by atoms with Crippen molar-refractivity contribution in [2.24, 2.45) is 0 Å². The van der Waals surface area contributed by atoms with Crippen LogP contribution in [-0.2, 0) is 6.42 Å². The number of hydrogen-bond acceptors (Lipinski definition) is 3. The van der Waals surface area contributed by atoms with Gasteiger partial charge in [-0.25, -0.2) is 0 Å². The normalized spacial score (nSPS) is 20.4. The van der Waals surface area contributed by atoms with Gasteiger partial charge < -0.3 is 5.11 Å². The molecule has 1 fully saturated rings. The van der Waals surface area contributed by atoms with E-state index in [1.807, 2.05) is 6.20 Å². The van der Waals surface area contributed by atoms with Crippen LogP contribution in [0.25, 0.3) is 0 Å². The maximum atomic E-state index is 9.51. The highest BCUT2D eigenvalue weighted by molar-refractivity contribution is 5.17. The second-order valence-electron chi connectivity index (χ2n) is 4.88. The Labute approximate surface area is 103 Å². The van der Waals surface area contributed by atoms with Crippen molar-refractivity contribution in [1.82, 2.24) is 9.88 Å². The number of hydrogen-bond donors (Lipinski definition) is 1. The minimum Gasteiger partial charge on any atom is -0.393 e. The Bertz CT molecular complexity index is 342. The van der Waals surface area contributed by atoms with E-state index in [4.69, 9.17) is 0 Å². The first-order valence-electron chi connectivity index (χ1n) is 6.57. The number of nitrogens with zero attached hydrogens (tertiary/aromatic N) is 2. The van der Waals surface area contributed by atoms with Crippen LogP contribution in [0.4, 0.5) is 0 Å². The fraction of sp³-hybridized carbons (Fsp3) is 0.643. The Morgan fingerprint density at radius 1 is 1.41 bits per heavy atom. The summed E-state index contributed by atoms with van der Waals surface area (Å²) < 4.78 is 0. The average molecular weight is 234 g/mol. The van der Waals surface area contributed by atoms with Crippen molar-refractivity contribution in [3.8, 4) is 0 Å². The second kappa shape index (κ2) is 5.61. The molecule has 3 nitrogen and oxygen atoms in total. The van der Waals surface area contributed by atoms with Gasteiger partial charge in [-0.3, -0.25) is 9.88 Å². The number of aryl methyl sites for hydroxylation is 1. The van der Waals surface area contributed by atoms with Crippen molar-refractivity contribution in [1.29, 1.82) is 0 Å². The molecule has 2 rings (SSSR count). The fourth-order valence-electron chi connectivity index (χ4n) is 2.38. The number of piperidine rings is 1. The standard InChI is InChI=1S/C14H22N2O/c1-3-13-5-4-12(10-15-13)11(2)16-8-6-14(17)7-9-16/h4-5,10-11,14,17H,3,6-9H2,1-2H3. The highest BCUT2D eigenvalue weighted by atomic mass is 16.3. The molecule has 1 unspecified atom stereocenters. The molecule has 94 valence electrons. The van der Waals surface area contributed by atoms with Crippen molar-refractivity contribution in [2.45, 2.75) is 45.3 Å². The smallest absolute Gasteiger partial charge is 0.0564 e. The summed E-state index contributed by atoms with van der Waals surface area (Å²) in [6, 6.07) is 4.70. The van der Waals surface area contributed by atoms with Crippen LogP contribution in [-0.4, -0.2) is 34.2 Å². The molecule has 0 amide bonds. The minimum absolute atomic E-state index is 0.0981. The molecule has 1 aliphatic heterocycles. The monoisotopic (exact) mass is 234 g/mol. The Kier molecular flexibility index (Phi) is 4.13. The summed E-state index contributed by atoms with van der Waals surface area (Å²) >= 11 is 0. The van der Waals surface area contributed by atoms with E-state index in [-0.39, 0.29) is 6.10 Å². The zero-order valence-corrected chi connectivity index (χ0v) is 10.8. The SMILES string of the molecule is CCc1ccc(C(C)N2CCC(O)CC2)cn1. The van der Waals surface area contributed by atoms with E-state index in [1.54, 1.807) is 0 Å². The van der Waals surface area contributed by atoms with Gasteiger partial charge in [0, 0.05) is 31.0 Å². The molecular weight excluding hydrogens is 212 g/mol. The summed E-state index contributed by atoms with van der Waals surface area (Å²) in [4.78, 5) is 6.88. The Morgan fingerprint density at radius 3 is 2.65 bits per heavy atom. The molecule has 1 atom stereocenters. The second-order valence-corrected chi connectivity index (χ2v) is 4.88. The molecule has 1 aromatic heterocycles. The van der Waals surface area contributed by atoms with Crippen LogP contribution in [0.5, 0.6) is 0 Å². The number of aromatic nitrogens is 1. The van der Waals surface area contributed by atoms with Gasteiger partial charge in [-0.15, -0.1) is 0 Å². The number of rotatable bonds is 3. The topological polar surface area (TPSA) is 36.4 Å². The molecule has 0 aliphatic carbocycles. The van der Waals surface area contributed by atoms with E-state index >= 15 is 0 Å². The zero-order chi connectivity index (χ0) is 12.3. The zero-order valence-electron chi connectivity index (χ0n) is 10.8. The molecule has 3 heteroatoms. The molecule has 1 aliphatic rings. The van der Waals surface area contributed by atoms with Crippen LogP contribution in [0.1, 0.15) is 44.0 Å². The van der Waals surface area contributed by atoms with Crippen LogP contribution >= 0.6 is 0 Å². The fourth-order valence-corrected chi connectivity index (χ4v) is 2.38. The van der Waals surface area contributed by atoms with E-state index in [1.165, 1.54) is 5.56 Å². The van der Waals surface area contributed by atoms with Gasteiger partial charge in [0.2, 0.25) is 0 Å². The summed E-state index contributed by atoms with van der Waals surface area (Å²) in [6.45, 7) is 6.31. The lowest BCUT2D eigenvalue weighted by molar-refractivity contribution is 0.0644. The van der Waals surface area contributed by atoms with Crippen LogP contribution in [0.15, 0.2) is 18.3 Å². The van der Waals surface area contributed by atoms with Crippen molar-refractivity contribution in [2.75, 3.05) is 13.1 Å². The maximum Gasteiger partial charge on any atom is 0.0564 e. The van der Waals surface area contributed by atoms with Crippen LogP contribution in [0.3, 0.4) is 0 Å². The number of aliphatic hydroxyl groups is 1. The first kappa shape index (κ1) is 12.5. The van der Waals surface area contributed by atoms with Gasteiger partial charge in [-0.05, 0) is 37.8 Å². The summed E-state index contributed by atoms with van der Waals surface area (Å²) in [5.41, 5.74) is 2.42. The third-order valence-corrected chi connectivity index (χ3v) is 3.74. The van der Waals surface area contributed by atoms with Crippen molar-refractivity contribution in [3.05, 3.63) is 29.6 Å². The van der Waals surface area contributed by atoms with Crippen molar-refractivity contribution < 1.29 is 5.11 Å².